The molecule has 3 aromatic carbocycles. The third kappa shape index (κ3) is 9.47. The van der Waals surface area contributed by atoms with Crippen LogP contribution in [0.5, 0.6) is 0 Å². The number of hydrogen-bond donors (Lipinski definition) is 7. The molecule has 12 nitrogen and oxygen atoms in total. The molecule has 0 spiro atoms. The lowest BCUT2D eigenvalue weighted by molar-refractivity contribution is -0.143. The summed E-state index contributed by atoms with van der Waals surface area (Å²) in [7, 11) is 0. The highest BCUT2D eigenvalue weighted by atomic mass is 16.4. The minimum absolute atomic E-state index is 0.0732. The van der Waals surface area contributed by atoms with E-state index >= 15 is 0 Å². The number of hydrogen-bond acceptors (Lipinski definition) is 7. The summed E-state index contributed by atoms with van der Waals surface area (Å²) in [5.41, 5.74) is 1.07. The van der Waals surface area contributed by atoms with Gasteiger partial charge in [0.2, 0.25) is 17.7 Å². The van der Waals surface area contributed by atoms with Crippen molar-refractivity contribution in [3.05, 3.63) is 60.2 Å². The average molecular weight is 623 g/mol. The molecular weight excluding hydrogens is 580 g/mol. The SMILES string of the molecule is CC(C)[C@H](NC(=O)[C@H](C)NC(=O)[C@@H](NC(=O)[C@H](CCC(=O)O)NCCc1c2ccccc2cc2ccccc12)[C@@H](C)O)C(=O)O. The number of carboxylic acids is 2. The standard InChI is InChI=1S/C33H42N4O8/c1-18(2)28(33(44)45)36-30(41)19(3)35-32(43)29(20(4)38)37-31(42)26(13-14-27(39)40)34-16-15-25-23-11-7-5-9-21(23)17-22-10-6-8-12-24(22)25/h5-12,17-20,26,28-29,34,38H,13-16H2,1-4H3,(H,35,43)(H,36,41)(H,37,42)(H,39,40)(H,44,45)/t19-,20+,26-,28-,29-/m0/s1. The summed E-state index contributed by atoms with van der Waals surface area (Å²) in [6, 6.07) is 13.3. The van der Waals surface area contributed by atoms with Gasteiger partial charge in [-0.15, -0.1) is 0 Å². The maximum absolute atomic E-state index is 13.4. The fraction of sp³-hybridized carbons (Fsp3) is 0.424. The van der Waals surface area contributed by atoms with Gasteiger partial charge >= 0.3 is 11.9 Å². The number of nitrogens with one attached hydrogen (secondary N) is 4. The number of benzene rings is 3. The third-order valence-corrected chi connectivity index (χ3v) is 7.66. The van der Waals surface area contributed by atoms with Gasteiger partial charge in [-0.05, 0) is 72.3 Å². The fourth-order valence-electron chi connectivity index (χ4n) is 5.16. The van der Waals surface area contributed by atoms with Crippen LogP contribution < -0.4 is 21.3 Å². The van der Waals surface area contributed by atoms with Gasteiger partial charge in [-0.1, -0.05) is 62.4 Å². The van der Waals surface area contributed by atoms with Gasteiger partial charge < -0.3 is 36.6 Å². The number of carbonyl (C=O) groups excluding carboxylic acids is 3. The Hall–Kier alpha value is -4.55. The minimum atomic E-state index is -1.47. The van der Waals surface area contributed by atoms with E-state index < -0.39 is 65.8 Å². The van der Waals surface area contributed by atoms with E-state index in [1.165, 1.54) is 13.8 Å². The number of aliphatic hydroxyl groups is 1. The van der Waals surface area contributed by atoms with Gasteiger partial charge in [-0.25, -0.2) is 4.79 Å². The summed E-state index contributed by atoms with van der Waals surface area (Å²) in [5.74, 6) is -5.03. The molecule has 0 aromatic heterocycles. The minimum Gasteiger partial charge on any atom is -0.481 e. The van der Waals surface area contributed by atoms with E-state index in [4.69, 9.17) is 0 Å². The van der Waals surface area contributed by atoms with Crippen LogP contribution in [0.3, 0.4) is 0 Å². The first-order chi connectivity index (χ1) is 21.3. The van der Waals surface area contributed by atoms with Crippen LogP contribution >= 0.6 is 0 Å². The van der Waals surface area contributed by atoms with Crippen LogP contribution in [0.2, 0.25) is 0 Å². The van der Waals surface area contributed by atoms with E-state index in [1.54, 1.807) is 13.8 Å². The van der Waals surface area contributed by atoms with Gasteiger partial charge in [0.1, 0.15) is 18.1 Å². The summed E-state index contributed by atoms with van der Waals surface area (Å²) in [5, 5.41) is 43.6. The van der Waals surface area contributed by atoms with Crippen molar-refractivity contribution < 1.29 is 39.3 Å². The zero-order valence-corrected chi connectivity index (χ0v) is 25.9. The van der Waals surface area contributed by atoms with Crippen LogP contribution in [-0.4, -0.2) is 81.8 Å². The molecule has 0 fully saturated rings. The normalized spacial score (nSPS) is 14.7. The molecule has 0 radical (unpaired) electrons. The van der Waals surface area contributed by atoms with Crippen LogP contribution in [0.4, 0.5) is 0 Å². The van der Waals surface area contributed by atoms with Gasteiger partial charge in [0.05, 0.1) is 12.1 Å². The van der Waals surface area contributed by atoms with Crippen LogP contribution in [0.15, 0.2) is 54.6 Å². The van der Waals surface area contributed by atoms with Gasteiger partial charge in [0, 0.05) is 6.42 Å². The third-order valence-electron chi connectivity index (χ3n) is 7.66. The van der Waals surface area contributed by atoms with Crippen LogP contribution in [-0.2, 0) is 30.4 Å². The van der Waals surface area contributed by atoms with E-state index in [-0.39, 0.29) is 12.8 Å². The van der Waals surface area contributed by atoms with Gasteiger partial charge in [0.15, 0.2) is 0 Å². The predicted molar refractivity (Wildman–Crippen MR) is 169 cm³/mol. The van der Waals surface area contributed by atoms with E-state index in [2.05, 4.69) is 27.3 Å². The zero-order chi connectivity index (χ0) is 33.3. The highest BCUT2D eigenvalue weighted by Crippen LogP contribution is 2.28. The lowest BCUT2D eigenvalue weighted by Gasteiger charge is -2.26. The van der Waals surface area contributed by atoms with Crippen molar-refractivity contribution in [3.8, 4) is 0 Å². The first kappa shape index (κ1) is 34.9. The predicted octanol–water partition coefficient (Wildman–Crippen LogP) is 1.95. The number of aliphatic hydroxyl groups excluding tert-OH is 1. The monoisotopic (exact) mass is 622 g/mol. The molecule has 0 aliphatic heterocycles. The molecule has 0 unspecified atom stereocenters. The Kier molecular flexibility index (Phi) is 12.4. The van der Waals surface area contributed by atoms with Gasteiger partial charge in [0.25, 0.3) is 0 Å². The van der Waals surface area contributed by atoms with Gasteiger partial charge in [-0.3, -0.25) is 19.2 Å². The van der Waals surface area contributed by atoms with E-state index in [0.717, 1.165) is 27.1 Å². The first-order valence-corrected chi connectivity index (χ1v) is 15.0. The largest absolute Gasteiger partial charge is 0.481 e. The lowest BCUT2D eigenvalue weighted by Crippen LogP contribution is -2.59. The van der Waals surface area contributed by atoms with Crippen molar-refractivity contribution in [2.24, 2.45) is 5.92 Å². The topological polar surface area (TPSA) is 194 Å². The number of fused-ring (bicyclic) bond motifs is 2. The number of amides is 3. The van der Waals surface area contributed by atoms with Crippen molar-refractivity contribution in [2.45, 2.75) is 77.2 Å². The van der Waals surface area contributed by atoms with Crippen LogP contribution in [0.25, 0.3) is 21.5 Å². The fourth-order valence-corrected chi connectivity index (χ4v) is 5.16. The molecule has 12 heteroatoms. The molecule has 5 atom stereocenters. The van der Waals surface area contributed by atoms with E-state index in [9.17, 15) is 39.3 Å². The molecule has 7 N–H and O–H groups in total. The second-order valence-electron chi connectivity index (χ2n) is 11.5. The summed E-state index contributed by atoms with van der Waals surface area (Å²) >= 11 is 0. The first-order valence-electron chi connectivity index (χ1n) is 15.0. The van der Waals surface area contributed by atoms with Crippen molar-refractivity contribution in [1.29, 1.82) is 0 Å². The number of carboxylic acid groups (broad SMARTS) is 2. The Morgan fingerprint density at radius 1 is 0.733 bits per heavy atom. The summed E-state index contributed by atoms with van der Waals surface area (Å²) in [6.45, 7) is 6.21. The maximum atomic E-state index is 13.4. The zero-order valence-electron chi connectivity index (χ0n) is 25.9. The highest BCUT2D eigenvalue weighted by Gasteiger charge is 2.32. The Bertz CT molecular complexity index is 1490. The van der Waals surface area contributed by atoms with E-state index in [1.807, 2.05) is 48.5 Å². The molecule has 0 saturated heterocycles. The lowest BCUT2D eigenvalue weighted by atomic mass is 9.95. The second-order valence-corrected chi connectivity index (χ2v) is 11.5. The quantitative estimate of drug-likeness (QED) is 0.117. The Labute approximate surface area is 261 Å². The number of rotatable bonds is 16. The summed E-state index contributed by atoms with van der Waals surface area (Å²) in [4.78, 5) is 61.8. The smallest absolute Gasteiger partial charge is 0.326 e. The molecule has 45 heavy (non-hydrogen) atoms. The van der Waals surface area contributed by atoms with Crippen molar-refractivity contribution >= 4 is 51.2 Å². The van der Waals surface area contributed by atoms with Crippen LogP contribution in [0.1, 0.15) is 46.1 Å². The molecule has 242 valence electrons. The molecule has 0 bridgehead atoms. The molecular formula is C33H42N4O8. The second kappa shape index (κ2) is 16.0. The molecule has 0 heterocycles. The Morgan fingerprint density at radius 3 is 1.80 bits per heavy atom. The number of carbonyl (C=O) groups is 5. The van der Waals surface area contributed by atoms with E-state index in [0.29, 0.717) is 13.0 Å². The molecule has 0 aliphatic rings. The average Bonchev–Trinajstić information content (AvgIpc) is 2.98. The molecule has 3 amide bonds. The van der Waals surface area contributed by atoms with Crippen molar-refractivity contribution in [2.75, 3.05) is 6.54 Å². The maximum Gasteiger partial charge on any atom is 0.326 e. The summed E-state index contributed by atoms with van der Waals surface area (Å²) < 4.78 is 0. The molecule has 3 aromatic rings. The van der Waals surface area contributed by atoms with Gasteiger partial charge in [-0.2, -0.15) is 0 Å². The molecule has 3 rings (SSSR count). The van der Waals surface area contributed by atoms with Crippen molar-refractivity contribution in [1.82, 2.24) is 21.3 Å². The Balaban J connectivity index is 1.72. The highest BCUT2D eigenvalue weighted by molar-refractivity contribution is 6.02. The van der Waals surface area contributed by atoms with Crippen LogP contribution in [0, 0.1) is 5.92 Å². The molecule has 0 saturated carbocycles. The van der Waals surface area contributed by atoms with Crippen molar-refractivity contribution in [3.63, 3.8) is 0 Å². The summed E-state index contributed by atoms with van der Waals surface area (Å²) in [6.07, 6.45) is -1.23. The molecule has 0 aliphatic carbocycles. The Morgan fingerprint density at radius 2 is 1.29 bits per heavy atom. The number of aliphatic carboxylic acids is 2.